The van der Waals surface area contributed by atoms with Gasteiger partial charge in [0, 0.05) is 16.6 Å². The van der Waals surface area contributed by atoms with E-state index in [4.69, 9.17) is 14.0 Å². The van der Waals surface area contributed by atoms with E-state index in [1.54, 1.807) is 45.0 Å². The summed E-state index contributed by atoms with van der Waals surface area (Å²) in [4.78, 5) is 28.1. The Hall–Kier alpha value is -3.20. The number of hydrogen-bond acceptors (Lipinski definition) is 8. The molecule has 0 unspecified atom stereocenters. The predicted molar refractivity (Wildman–Crippen MR) is 103 cm³/mol. The van der Waals surface area contributed by atoms with Crippen molar-refractivity contribution in [3.63, 3.8) is 0 Å². The molecule has 1 N–H and O–H groups in total. The van der Waals surface area contributed by atoms with Gasteiger partial charge in [-0.3, -0.25) is 5.32 Å². The molecular weight excluding hydrogens is 382 g/mol. The number of rotatable bonds is 5. The molecule has 1 amide bonds. The topological polar surface area (TPSA) is 104 Å². The summed E-state index contributed by atoms with van der Waals surface area (Å²) < 4.78 is 15.4. The van der Waals surface area contributed by atoms with Gasteiger partial charge in [0.1, 0.15) is 5.60 Å². The van der Waals surface area contributed by atoms with Crippen LogP contribution in [0.2, 0.25) is 0 Å². The van der Waals surface area contributed by atoms with Crippen molar-refractivity contribution in [2.24, 2.45) is 0 Å². The molecule has 3 aromatic rings. The highest BCUT2D eigenvalue weighted by Crippen LogP contribution is 2.19. The fourth-order valence-corrected chi connectivity index (χ4v) is 2.78. The number of nitrogens with zero attached hydrogens (tertiary/aromatic N) is 2. The molecule has 9 heteroatoms. The average molecular weight is 401 g/mol. The van der Waals surface area contributed by atoms with Gasteiger partial charge in [-0.15, -0.1) is 0 Å². The molecule has 28 heavy (non-hydrogen) atoms. The number of hydrogen-bond donors (Lipinski definition) is 1. The SMILES string of the molecule is CC(C)(C)OC(=O)Nc1ccc(C(=O)OCc2nc(-c3ccsc3)no2)cc1. The molecule has 0 radical (unpaired) electrons. The van der Waals surface area contributed by atoms with Crippen LogP contribution in [-0.4, -0.2) is 27.8 Å². The number of aromatic nitrogens is 2. The third-order valence-corrected chi connectivity index (χ3v) is 4.02. The quantitative estimate of drug-likeness (QED) is 0.628. The van der Waals surface area contributed by atoms with Crippen molar-refractivity contribution in [3.05, 3.63) is 52.5 Å². The second-order valence-electron chi connectivity index (χ2n) is 6.80. The number of amides is 1. The van der Waals surface area contributed by atoms with E-state index in [-0.39, 0.29) is 12.5 Å². The summed E-state index contributed by atoms with van der Waals surface area (Å²) in [6.07, 6.45) is -0.569. The van der Waals surface area contributed by atoms with E-state index < -0.39 is 17.7 Å². The van der Waals surface area contributed by atoms with E-state index in [0.29, 0.717) is 17.1 Å². The Morgan fingerprint density at radius 2 is 1.93 bits per heavy atom. The Bertz CT molecular complexity index is 943. The minimum absolute atomic E-state index is 0.131. The summed E-state index contributed by atoms with van der Waals surface area (Å²) in [6.45, 7) is 5.20. The summed E-state index contributed by atoms with van der Waals surface area (Å²) in [5, 5.41) is 10.2. The van der Waals surface area contributed by atoms with Gasteiger partial charge in [-0.25, -0.2) is 9.59 Å². The fraction of sp³-hybridized carbons (Fsp3) is 0.263. The third kappa shape index (κ3) is 5.40. The molecule has 0 spiro atoms. The van der Waals surface area contributed by atoms with Crippen molar-refractivity contribution in [1.29, 1.82) is 0 Å². The molecule has 8 nitrogen and oxygen atoms in total. The van der Waals surface area contributed by atoms with Gasteiger partial charge < -0.3 is 14.0 Å². The zero-order valence-electron chi connectivity index (χ0n) is 15.6. The second-order valence-corrected chi connectivity index (χ2v) is 7.58. The van der Waals surface area contributed by atoms with Crippen molar-refractivity contribution in [2.75, 3.05) is 5.32 Å². The molecule has 2 aromatic heterocycles. The summed E-state index contributed by atoms with van der Waals surface area (Å²) in [5.74, 6) is 0.113. The van der Waals surface area contributed by atoms with Crippen LogP contribution in [0.3, 0.4) is 0 Å². The molecule has 0 atom stereocenters. The summed E-state index contributed by atoms with van der Waals surface area (Å²) in [5.41, 5.74) is 1.08. The third-order valence-electron chi connectivity index (χ3n) is 3.34. The van der Waals surface area contributed by atoms with Gasteiger partial charge in [0.25, 0.3) is 5.89 Å². The fourth-order valence-electron chi connectivity index (χ4n) is 2.14. The van der Waals surface area contributed by atoms with Crippen LogP contribution in [0.15, 0.2) is 45.6 Å². The summed E-state index contributed by atoms with van der Waals surface area (Å²) in [7, 11) is 0. The molecule has 0 aliphatic heterocycles. The zero-order chi connectivity index (χ0) is 20.1. The summed E-state index contributed by atoms with van der Waals surface area (Å²) in [6, 6.07) is 8.13. The number of esters is 1. The lowest BCUT2D eigenvalue weighted by molar-refractivity contribution is 0.0429. The van der Waals surface area contributed by atoms with Gasteiger partial charge >= 0.3 is 12.1 Å². The van der Waals surface area contributed by atoms with Crippen LogP contribution in [0, 0.1) is 0 Å². The van der Waals surface area contributed by atoms with Crippen molar-refractivity contribution in [3.8, 4) is 11.4 Å². The molecule has 2 heterocycles. The molecular formula is C19H19N3O5S. The van der Waals surface area contributed by atoms with E-state index in [2.05, 4.69) is 15.5 Å². The Balaban J connectivity index is 1.53. The molecule has 0 bridgehead atoms. The van der Waals surface area contributed by atoms with E-state index in [0.717, 1.165) is 5.56 Å². The molecule has 0 saturated heterocycles. The Kier molecular flexibility index (Phi) is 5.74. The highest BCUT2D eigenvalue weighted by atomic mass is 32.1. The highest BCUT2D eigenvalue weighted by Gasteiger charge is 2.17. The van der Waals surface area contributed by atoms with Gasteiger partial charge in [0.05, 0.1) is 5.56 Å². The van der Waals surface area contributed by atoms with Gasteiger partial charge in [-0.1, -0.05) is 5.16 Å². The first-order valence-electron chi connectivity index (χ1n) is 8.42. The molecule has 3 rings (SSSR count). The van der Waals surface area contributed by atoms with Crippen LogP contribution >= 0.6 is 11.3 Å². The average Bonchev–Trinajstić information content (AvgIpc) is 3.30. The maximum Gasteiger partial charge on any atom is 0.412 e. The lowest BCUT2D eigenvalue weighted by atomic mass is 10.2. The Morgan fingerprint density at radius 1 is 1.18 bits per heavy atom. The molecule has 0 fully saturated rings. The first-order chi connectivity index (χ1) is 13.3. The first-order valence-corrected chi connectivity index (χ1v) is 9.37. The number of thiophene rings is 1. The highest BCUT2D eigenvalue weighted by molar-refractivity contribution is 7.08. The first kappa shape index (κ1) is 19.6. The van der Waals surface area contributed by atoms with Crippen LogP contribution < -0.4 is 5.32 Å². The molecule has 1 aromatic carbocycles. The van der Waals surface area contributed by atoms with Crippen LogP contribution in [0.25, 0.3) is 11.4 Å². The monoisotopic (exact) mass is 401 g/mol. The summed E-state index contributed by atoms with van der Waals surface area (Å²) >= 11 is 1.53. The maximum atomic E-state index is 12.2. The maximum absolute atomic E-state index is 12.2. The lowest BCUT2D eigenvalue weighted by Gasteiger charge is -2.19. The number of carbonyl (C=O) groups is 2. The number of benzene rings is 1. The van der Waals surface area contributed by atoms with Crippen LogP contribution in [-0.2, 0) is 16.1 Å². The number of ether oxygens (including phenoxy) is 2. The molecule has 0 aliphatic carbocycles. The van der Waals surface area contributed by atoms with Gasteiger partial charge in [-0.05, 0) is 56.5 Å². The van der Waals surface area contributed by atoms with Crippen LogP contribution in [0.5, 0.6) is 0 Å². The second kappa shape index (κ2) is 8.22. The van der Waals surface area contributed by atoms with E-state index >= 15 is 0 Å². The van der Waals surface area contributed by atoms with Crippen molar-refractivity contribution < 1.29 is 23.6 Å². The number of nitrogens with one attached hydrogen (secondary N) is 1. The van der Waals surface area contributed by atoms with Gasteiger partial charge in [0.15, 0.2) is 6.61 Å². The van der Waals surface area contributed by atoms with E-state index in [1.807, 2.05) is 16.8 Å². The minimum atomic E-state index is -0.591. The zero-order valence-corrected chi connectivity index (χ0v) is 16.4. The van der Waals surface area contributed by atoms with Crippen molar-refractivity contribution in [1.82, 2.24) is 10.1 Å². The normalized spacial score (nSPS) is 11.1. The molecule has 0 saturated carbocycles. The number of anilines is 1. The standard InChI is InChI=1S/C19H19N3O5S/c1-19(2,3)26-18(24)20-14-6-4-12(5-7-14)17(23)25-10-15-21-16(22-27-15)13-8-9-28-11-13/h4-9,11H,10H2,1-3H3,(H,20,24). The predicted octanol–water partition coefficient (Wildman–Crippen LogP) is 4.50. The smallest absolute Gasteiger partial charge is 0.412 e. The van der Waals surface area contributed by atoms with E-state index in [1.165, 1.54) is 11.3 Å². The van der Waals surface area contributed by atoms with Crippen molar-refractivity contribution >= 4 is 29.1 Å². The Morgan fingerprint density at radius 3 is 2.57 bits per heavy atom. The minimum Gasteiger partial charge on any atom is -0.452 e. The largest absolute Gasteiger partial charge is 0.452 e. The van der Waals surface area contributed by atoms with E-state index in [9.17, 15) is 9.59 Å². The van der Waals surface area contributed by atoms with Crippen LogP contribution in [0.4, 0.5) is 10.5 Å². The Labute approximate surface area is 165 Å². The molecule has 0 aliphatic rings. The van der Waals surface area contributed by atoms with Gasteiger partial charge in [-0.2, -0.15) is 16.3 Å². The lowest BCUT2D eigenvalue weighted by Crippen LogP contribution is -2.27. The van der Waals surface area contributed by atoms with Crippen molar-refractivity contribution in [2.45, 2.75) is 33.0 Å². The van der Waals surface area contributed by atoms with Crippen LogP contribution in [0.1, 0.15) is 37.0 Å². The number of carbonyl (C=O) groups excluding carboxylic acids is 2. The molecule has 146 valence electrons. The van der Waals surface area contributed by atoms with Gasteiger partial charge in [0.2, 0.25) is 5.82 Å².